The second-order valence-electron chi connectivity index (χ2n) is 2.61. The predicted octanol–water partition coefficient (Wildman–Crippen LogP) is 2.11. The highest BCUT2D eigenvalue weighted by molar-refractivity contribution is 5.25. The summed E-state index contributed by atoms with van der Waals surface area (Å²) in [6, 6.07) is 8.45. The van der Waals surface area contributed by atoms with E-state index in [1.165, 1.54) is 11.1 Å². The molecule has 1 radical (unpaired) electrons. The van der Waals surface area contributed by atoms with Gasteiger partial charge in [-0.15, -0.1) is 0 Å². The van der Waals surface area contributed by atoms with Crippen molar-refractivity contribution in [1.29, 1.82) is 0 Å². The van der Waals surface area contributed by atoms with Gasteiger partial charge in [0, 0.05) is 0 Å². The second kappa shape index (κ2) is 4.14. The lowest BCUT2D eigenvalue weighted by molar-refractivity contribution is 0.863. The quantitative estimate of drug-likeness (QED) is 0.692. The maximum absolute atomic E-state index is 3.16. The number of aryl methyl sites for hydroxylation is 1. The average molecular weight is 148 g/mol. The molecular formula is C10H14N. The van der Waals surface area contributed by atoms with Gasteiger partial charge in [0.05, 0.1) is 6.54 Å². The summed E-state index contributed by atoms with van der Waals surface area (Å²) in [6.07, 6.45) is 0. The molecule has 1 heteroatoms. The van der Waals surface area contributed by atoms with Gasteiger partial charge in [0.15, 0.2) is 0 Å². The van der Waals surface area contributed by atoms with Crippen LogP contribution in [0.2, 0.25) is 0 Å². The number of hydrogen-bond acceptors (Lipinski definition) is 1. The van der Waals surface area contributed by atoms with Crippen LogP contribution in [-0.4, -0.2) is 6.54 Å². The molecule has 0 bridgehead atoms. The lowest BCUT2D eigenvalue weighted by Crippen LogP contribution is -2.08. The van der Waals surface area contributed by atoms with E-state index in [2.05, 4.69) is 43.4 Å². The van der Waals surface area contributed by atoms with Crippen LogP contribution in [0.3, 0.4) is 0 Å². The molecule has 1 N–H and O–H groups in total. The Bertz CT molecular complexity index is 201. The molecule has 0 unspecified atom stereocenters. The van der Waals surface area contributed by atoms with Crippen LogP contribution >= 0.6 is 0 Å². The maximum Gasteiger partial charge on any atom is 0.0518 e. The molecule has 0 fully saturated rings. The Balaban J connectivity index is 2.52. The summed E-state index contributed by atoms with van der Waals surface area (Å²) in [6.45, 7) is 7.19. The van der Waals surface area contributed by atoms with Crippen molar-refractivity contribution in [3.8, 4) is 0 Å². The molecule has 0 amide bonds. The molecule has 1 nitrogen and oxygen atoms in total. The van der Waals surface area contributed by atoms with Gasteiger partial charge in [-0.3, -0.25) is 0 Å². The van der Waals surface area contributed by atoms with E-state index in [4.69, 9.17) is 0 Å². The van der Waals surface area contributed by atoms with E-state index in [-0.39, 0.29) is 0 Å². The van der Waals surface area contributed by atoms with Crippen molar-refractivity contribution in [3.05, 3.63) is 41.9 Å². The Morgan fingerprint density at radius 1 is 1.27 bits per heavy atom. The minimum atomic E-state index is 0.980. The van der Waals surface area contributed by atoms with Crippen molar-refractivity contribution in [2.24, 2.45) is 0 Å². The fraction of sp³-hybridized carbons (Fsp3) is 0.300. The predicted molar refractivity (Wildman–Crippen MR) is 48.3 cm³/mol. The largest absolute Gasteiger partial charge is 0.309 e. The molecule has 0 saturated heterocycles. The van der Waals surface area contributed by atoms with Crippen LogP contribution in [0.25, 0.3) is 0 Å². The standard InChI is InChI=1S/C10H14N/c1-3-11-8-10-6-4-9(2)5-7-10/h4-8,11H,3H2,1-2H3. The van der Waals surface area contributed by atoms with Gasteiger partial charge >= 0.3 is 0 Å². The van der Waals surface area contributed by atoms with E-state index in [0.717, 1.165) is 6.54 Å². The molecule has 0 aliphatic carbocycles. The summed E-state index contributed by atoms with van der Waals surface area (Å²) in [7, 11) is 0. The summed E-state index contributed by atoms with van der Waals surface area (Å²) < 4.78 is 0. The lowest BCUT2D eigenvalue weighted by Gasteiger charge is -2.00. The molecule has 0 aliphatic rings. The van der Waals surface area contributed by atoms with E-state index in [9.17, 15) is 0 Å². The van der Waals surface area contributed by atoms with Gasteiger partial charge in [-0.2, -0.15) is 0 Å². The van der Waals surface area contributed by atoms with Gasteiger partial charge in [0.1, 0.15) is 0 Å². The first kappa shape index (κ1) is 8.28. The van der Waals surface area contributed by atoms with E-state index < -0.39 is 0 Å². The van der Waals surface area contributed by atoms with E-state index in [0.29, 0.717) is 0 Å². The van der Waals surface area contributed by atoms with Crippen molar-refractivity contribution < 1.29 is 0 Å². The SMILES string of the molecule is CCN[CH]c1ccc(C)cc1. The Kier molecular flexibility index (Phi) is 3.12. The maximum atomic E-state index is 3.16. The van der Waals surface area contributed by atoms with Crippen LogP contribution in [0.4, 0.5) is 0 Å². The van der Waals surface area contributed by atoms with E-state index >= 15 is 0 Å². The zero-order chi connectivity index (χ0) is 8.10. The van der Waals surface area contributed by atoms with Crippen molar-refractivity contribution in [1.82, 2.24) is 5.32 Å². The Hall–Kier alpha value is -0.820. The Morgan fingerprint density at radius 2 is 1.91 bits per heavy atom. The van der Waals surface area contributed by atoms with Crippen LogP contribution in [0.5, 0.6) is 0 Å². The zero-order valence-corrected chi connectivity index (χ0v) is 7.09. The minimum Gasteiger partial charge on any atom is -0.309 e. The molecule has 11 heavy (non-hydrogen) atoms. The monoisotopic (exact) mass is 148 g/mol. The Labute approximate surface area is 68.4 Å². The lowest BCUT2D eigenvalue weighted by atomic mass is 10.1. The highest BCUT2D eigenvalue weighted by Crippen LogP contribution is 2.03. The molecule has 1 aromatic rings. The number of nitrogens with one attached hydrogen (secondary N) is 1. The highest BCUT2D eigenvalue weighted by atomic mass is 14.8. The molecular weight excluding hydrogens is 134 g/mol. The molecule has 1 aromatic carbocycles. The van der Waals surface area contributed by atoms with E-state index in [1.54, 1.807) is 0 Å². The first-order valence-corrected chi connectivity index (χ1v) is 3.96. The number of rotatable bonds is 3. The van der Waals surface area contributed by atoms with Crippen LogP contribution in [0.15, 0.2) is 24.3 Å². The van der Waals surface area contributed by atoms with Crippen LogP contribution in [0.1, 0.15) is 18.1 Å². The third kappa shape index (κ3) is 2.72. The van der Waals surface area contributed by atoms with Crippen molar-refractivity contribution in [2.75, 3.05) is 6.54 Å². The molecule has 0 aliphatic heterocycles. The number of benzene rings is 1. The topological polar surface area (TPSA) is 12.0 Å². The van der Waals surface area contributed by atoms with Gasteiger partial charge in [-0.25, -0.2) is 0 Å². The molecule has 0 heterocycles. The zero-order valence-electron chi connectivity index (χ0n) is 7.09. The van der Waals surface area contributed by atoms with Gasteiger partial charge in [-0.1, -0.05) is 36.8 Å². The first-order chi connectivity index (χ1) is 5.33. The fourth-order valence-electron chi connectivity index (χ4n) is 0.883. The van der Waals surface area contributed by atoms with Crippen molar-refractivity contribution >= 4 is 0 Å². The first-order valence-electron chi connectivity index (χ1n) is 3.96. The normalized spacial score (nSPS) is 10.0. The van der Waals surface area contributed by atoms with Crippen LogP contribution in [0, 0.1) is 13.5 Å². The molecule has 0 saturated carbocycles. The third-order valence-corrected chi connectivity index (χ3v) is 1.55. The highest BCUT2D eigenvalue weighted by Gasteiger charge is 1.89. The fourth-order valence-corrected chi connectivity index (χ4v) is 0.883. The van der Waals surface area contributed by atoms with Crippen LogP contribution in [-0.2, 0) is 0 Å². The van der Waals surface area contributed by atoms with Crippen molar-refractivity contribution in [2.45, 2.75) is 13.8 Å². The smallest absolute Gasteiger partial charge is 0.0518 e. The van der Waals surface area contributed by atoms with E-state index in [1.807, 2.05) is 6.54 Å². The van der Waals surface area contributed by atoms with Gasteiger partial charge < -0.3 is 5.32 Å². The summed E-state index contributed by atoms with van der Waals surface area (Å²) in [5.74, 6) is 0. The molecule has 59 valence electrons. The summed E-state index contributed by atoms with van der Waals surface area (Å²) in [5.41, 5.74) is 2.54. The molecule has 0 spiro atoms. The summed E-state index contributed by atoms with van der Waals surface area (Å²) >= 11 is 0. The summed E-state index contributed by atoms with van der Waals surface area (Å²) in [4.78, 5) is 0. The molecule has 1 rings (SSSR count). The average Bonchev–Trinajstić information content (AvgIpc) is 2.04. The van der Waals surface area contributed by atoms with Crippen LogP contribution < -0.4 is 5.32 Å². The minimum absolute atomic E-state index is 0.980. The molecule has 0 aromatic heterocycles. The Morgan fingerprint density at radius 3 is 2.45 bits per heavy atom. The third-order valence-electron chi connectivity index (χ3n) is 1.55. The van der Waals surface area contributed by atoms with Gasteiger partial charge in [0.25, 0.3) is 0 Å². The van der Waals surface area contributed by atoms with Gasteiger partial charge in [-0.05, 0) is 19.0 Å². The number of hydrogen-bond donors (Lipinski definition) is 1. The van der Waals surface area contributed by atoms with Crippen molar-refractivity contribution in [3.63, 3.8) is 0 Å². The second-order valence-corrected chi connectivity index (χ2v) is 2.61. The molecule has 0 atom stereocenters. The summed E-state index contributed by atoms with van der Waals surface area (Å²) in [5, 5.41) is 3.16. The van der Waals surface area contributed by atoms with Gasteiger partial charge in [0.2, 0.25) is 0 Å².